The number of rotatable bonds is 4. The van der Waals surface area contributed by atoms with Crippen LogP contribution in [-0.2, 0) is 19.4 Å². The number of H-pyrrole nitrogens is 1. The molecule has 3 atom stereocenters. The number of nitrogens with one attached hydrogen (secondary N) is 2. The molecule has 4 nitrogen and oxygen atoms in total. The molecule has 2 aromatic heterocycles. The van der Waals surface area contributed by atoms with Gasteiger partial charge in [-0.2, -0.15) is 0 Å². The van der Waals surface area contributed by atoms with E-state index in [0.717, 1.165) is 34.4 Å². The maximum Gasteiger partial charge on any atom is 0.260 e. The van der Waals surface area contributed by atoms with Crippen molar-refractivity contribution in [3.8, 4) is 0 Å². The summed E-state index contributed by atoms with van der Waals surface area (Å²) >= 11 is 1.67. The minimum Gasteiger partial charge on any atom is -0.325 e. The summed E-state index contributed by atoms with van der Waals surface area (Å²) in [5.41, 5.74) is 1.84. The molecular formula is C21H25FN3OS+. The highest BCUT2D eigenvalue weighted by Crippen LogP contribution is 2.35. The maximum atomic E-state index is 14.0. The lowest BCUT2D eigenvalue weighted by Gasteiger charge is -2.21. The van der Waals surface area contributed by atoms with Crippen molar-refractivity contribution >= 4 is 21.6 Å². The minimum atomic E-state index is -0.194. The highest BCUT2D eigenvalue weighted by Gasteiger charge is 2.25. The standard InChI is InChI=1S/C21H24FN3OS/c1-12-8-9-15-17(10-12)27-21-18(15)20(26)23-19(24-21)13(2)25(3)11-14-6-4-5-7-16(14)22/h4-7,12-13H,8-11H2,1-3H3,(H,23,24,26)/p+1/t12-,13-/m0/s1. The van der Waals surface area contributed by atoms with Crippen LogP contribution < -0.4 is 10.5 Å². The Hall–Kier alpha value is -2.05. The SMILES string of the molecule is C[C@H]1CCc2c(sc3nc([C@H](C)[NH+](C)Cc4ccccc4F)[nH]c(=O)c23)C1. The molecule has 0 fully saturated rings. The van der Waals surface area contributed by atoms with Gasteiger partial charge >= 0.3 is 0 Å². The number of aromatic nitrogens is 2. The van der Waals surface area contributed by atoms with Crippen molar-refractivity contribution in [1.82, 2.24) is 9.97 Å². The zero-order valence-corrected chi connectivity index (χ0v) is 16.8. The molecule has 0 radical (unpaired) electrons. The second kappa shape index (κ2) is 7.17. The van der Waals surface area contributed by atoms with Gasteiger partial charge in [-0.3, -0.25) is 4.79 Å². The lowest BCUT2D eigenvalue weighted by molar-refractivity contribution is -0.924. The third-order valence-electron chi connectivity index (χ3n) is 5.76. The fourth-order valence-electron chi connectivity index (χ4n) is 3.90. The fraction of sp³-hybridized carbons (Fsp3) is 0.429. The molecule has 0 aliphatic heterocycles. The molecule has 1 aromatic carbocycles. The number of hydrogen-bond acceptors (Lipinski definition) is 3. The smallest absolute Gasteiger partial charge is 0.260 e. The van der Waals surface area contributed by atoms with Gasteiger partial charge in [0.15, 0.2) is 5.82 Å². The molecule has 0 bridgehead atoms. The number of hydrogen-bond donors (Lipinski definition) is 2. The van der Waals surface area contributed by atoms with Crippen molar-refractivity contribution in [2.24, 2.45) is 5.92 Å². The number of aryl methyl sites for hydroxylation is 1. The summed E-state index contributed by atoms with van der Waals surface area (Å²) < 4.78 is 14.0. The molecule has 2 N–H and O–H groups in total. The molecule has 1 aliphatic carbocycles. The lowest BCUT2D eigenvalue weighted by atomic mass is 9.89. The van der Waals surface area contributed by atoms with E-state index in [0.29, 0.717) is 23.9 Å². The Bertz CT molecular complexity index is 1040. The minimum absolute atomic E-state index is 0.0346. The van der Waals surface area contributed by atoms with Crippen molar-refractivity contribution < 1.29 is 9.29 Å². The summed E-state index contributed by atoms with van der Waals surface area (Å²) in [4.78, 5) is 23.8. The Morgan fingerprint density at radius 3 is 2.96 bits per heavy atom. The Labute approximate surface area is 162 Å². The van der Waals surface area contributed by atoms with E-state index in [1.165, 1.54) is 16.5 Å². The van der Waals surface area contributed by atoms with Crippen LogP contribution in [0.25, 0.3) is 10.2 Å². The van der Waals surface area contributed by atoms with Crippen molar-refractivity contribution in [1.29, 1.82) is 0 Å². The van der Waals surface area contributed by atoms with Crippen molar-refractivity contribution in [3.05, 3.63) is 62.3 Å². The van der Waals surface area contributed by atoms with Gasteiger partial charge in [-0.05, 0) is 43.7 Å². The van der Waals surface area contributed by atoms with Gasteiger partial charge in [-0.15, -0.1) is 11.3 Å². The van der Waals surface area contributed by atoms with Crippen molar-refractivity contribution in [3.63, 3.8) is 0 Å². The topological polar surface area (TPSA) is 50.2 Å². The van der Waals surface area contributed by atoms with Crippen LogP contribution in [0.5, 0.6) is 0 Å². The van der Waals surface area contributed by atoms with E-state index >= 15 is 0 Å². The summed E-state index contributed by atoms with van der Waals surface area (Å²) in [5.74, 6) is 1.15. The largest absolute Gasteiger partial charge is 0.325 e. The molecule has 3 aromatic rings. The van der Waals surface area contributed by atoms with Gasteiger partial charge in [0.05, 0.1) is 12.4 Å². The van der Waals surface area contributed by atoms with Gasteiger partial charge in [0.2, 0.25) is 0 Å². The molecule has 27 heavy (non-hydrogen) atoms. The fourth-order valence-corrected chi connectivity index (χ4v) is 5.29. The third-order valence-corrected chi connectivity index (χ3v) is 6.91. The first-order valence-electron chi connectivity index (χ1n) is 9.54. The Balaban J connectivity index is 1.65. The number of aromatic amines is 1. The summed E-state index contributed by atoms with van der Waals surface area (Å²) in [6, 6.07) is 6.79. The Kier molecular flexibility index (Phi) is 4.86. The number of quaternary nitrogens is 1. The number of fused-ring (bicyclic) bond motifs is 3. The van der Waals surface area contributed by atoms with E-state index in [1.807, 2.05) is 20.0 Å². The predicted molar refractivity (Wildman–Crippen MR) is 107 cm³/mol. The summed E-state index contributed by atoms with van der Waals surface area (Å²) in [7, 11) is 2.00. The normalized spacial score (nSPS) is 19.0. The zero-order chi connectivity index (χ0) is 19.1. The molecule has 6 heteroatoms. The lowest BCUT2D eigenvalue weighted by Crippen LogP contribution is -3.07. The number of nitrogens with zero attached hydrogens (tertiary/aromatic N) is 1. The van der Waals surface area contributed by atoms with Crippen LogP contribution in [0.2, 0.25) is 0 Å². The van der Waals surface area contributed by atoms with Gasteiger partial charge in [-0.1, -0.05) is 25.1 Å². The molecule has 2 heterocycles. The molecule has 1 aliphatic rings. The van der Waals surface area contributed by atoms with E-state index in [4.69, 9.17) is 4.98 Å². The molecule has 0 spiro atoms. The Morgan fingerprint density at radius 2 is 2.19 bits per heavy atom. The molecule has 142 valence electrons. The van der Waals surface area contributed by atoms with Gasteiger partial charge in [0.25, 0.3) is 5.56 Å². The third kappa shape index (κ3) is 3.44. The van der Waals surface area contributed by atoms with Crippen LogP contribution in [0.15, 0.2) is 29.1 Å². The second-order valence-corrected chi connectivity index (χ2v) is 8.90. The average Bonchev–Trinajstić information content (AvgIpc) is 3.00. The first-order chi connectivity index (χ1) is 12.9. The van der Waals surface area contributed by atoms with Gasteiger partial charge in [0, 0.05) is 10.4 Å². The summed E-state index contributed by atoms with van der Waals surface area (Å²) in [6.07, 6.45) is 3.14. The maximum absolute atomic E-state index is 14.0. The van der Waals surface area contributed by atoms with Crippen LogP contribution in [0, 0.1) is 11.7 Å². The summed E-state index contributed by atoms with van der Waals surface area (Å²) in [5, 5.41) is 0.782. The van der Waals surface area contributed by atoms with E-state index in [9.17, 15) is 9.18 Å². The zero-order valence-electron chi connectivity index (χ0n) is 15.9. The van der Waals surface area contributed by atoms with Crippen LogP contribution in [0.4, 0.5) is 4.39 Å². The highest BCUT2D eigenvalue weighted by molar-refractivity contribution is 7.18. The van der Waals surface area contributed by atoms with Crippen molar-refractivity contribution in [2.75, 3.05) is 7.05 Å². The molecule has 0 amide bonds. The first-order valence-corrected chi connectivity index (χ1v) is 10.4. The van der Waals surface area contributed by atoms with Gasteiger partial charge in [0.1, 0.15) is 23.2 Å². The monoisotopic (exact) mass is 386 g/mol. The van der Waals surface area contributed by atoms with Gasteiger partial charge < -0.3 is 9.88 Å². The van der Waals surface area contributed by atoms with E-state index in [-0.39, 0.29) is 17.4 Å². The van der Waals surface area contributed by atoms with Crippen LogP contribution >= 0.6 is 11.3 Å². The molecule has 0 saturated heterocycles. The molecule has 1 unspecified atom stereocenters. The van der Waals surface area contributed by atoms with E-state index in [1.54, 1.807) is 23.5 Å². The first kappa shape index (κ1) is 18.3. The molecule has 0 saturated carbocycles. The predicted octanol–water partition coefficient (Wildman–Crippen LogP) is 3.02. The number of halogens is 1. The van der Waals surface area contributed by atoms with Crippen LogP contribution in [-0.4, -0.2) is 17.0 Å². The molecular weight excluding hydrogens is 361 g/mol. The van der Waals surface area contributed by atoms with Crippen LogP contribution in [0.3, 0.4) is 0 Å². The number of benzene rings is 1. The highest BCUT2D eigenvalue weighted by atomic mass is 32.1. The molecule has 4 rings (SSSR count). The summed E-state index contributed by atoms with van der Waals surface area (Å²) in [6.45, 7) is 4.82. The quantitative estimate of drug-likeness (QED) is 0.724. The van der Waals surface area contributed by atoms with Crippen molar-refractivity contribution in [2.45, 2.75) is 45.7 Å². The van der Waals surface area contributed by atoms with Crippen LogP contribution in [0.1, 0.15) is 48.1 Å². The average molecular weight is 387 g/mol. The number of thiophene rings is 1. The van der Waals surface area contributed by atoms with E-state index < -0.39 is 0 Å². The second-order valence-electron chi connectivity index (χ2n) is 7.82. The van der Waals surface area contributed by atoms with Gasteiger partial charge in [-0.25, -0.2) is 9.37 Å². The Morgan fingerprint density at radius 1 is 1.41 bits per heavy atom. The van der Waals surface area contributed by atoms with E-state index in [2.05, 4.69) is 11.9 Å².